The number of carbonyl (C=O) groups is 1. The molecule has 0 spiro atoms. The monoisotopic (exact) mass is 222 g/mol. The minimum Gasteiger partial charge on any atom is -0.298 e. The molecule has 0 aliphatic carbocycles. The SMILES string of the molecule is O=Cc1cc(-c2ccccc2)sc1Cl. The average molecular weight is 223 g/mol. The number of halogens is 1. The van der Waals surface area contributed by atoms with Crippen LogP contribution in [0.5, 0.6) is 0 Å². The number of carbonyl (C=O) groups excluding carboxylic acids is 1. The van der Waals surface area contributed by atoms with Gasteiger partial charge in [-0.3, -0.25) is 4.79 Å². The third-order valence-corrected chi connectivity index (χ3v) is 3.34. The molecule has 1 aromatic heterocycles. The number of rotatable bonds is 2. The van der Waals surface area contributed by atoms with E-state index in [2.05, 4.69) is 0 Å². The summed E-state index contributed by atoms with van der Waals surface area (Å²) in [7, 11) is 0. The van der Waals surface area contributed by atoms with E-state index in [0.29, 0.717) is 9.90 Å². The van der Waals surface area contributed by atoms with Gasteiger partial charge in [0.25, 0.3) is 0 Å². The van der Waals surface area contributed by atoms with Crippen molar-refractivity contribution in [3.63, 3.8) is 0 Å². The largest absolute Gasteiger partial charge is 0.298 e. The van der Waals surface area contributed by atoms with E-state index in [1.165, 1.54) is 11.3 Å². The summed E-state index contributed by atoms with van der Waals surface area (Å²) in [5.74, 6) is 0. The van der Waals surface area contributed by atoms with Gasteiger partial charge in [0.2, 0.25) is 0 Å². The number of benzene rings is 1. The van der Waals surface area contributed by atoms with Crippen molar-refractivity contribution in [2.45, 2.75) is 0 Å². The number of hydrogen-bond acceptors (Lipinski definition) is 2. The van der Waals surface area contributed by atoms with Crippen molar-refractivity contribution >= 4 is 29.2 Å². The molecule has 3 heteroatoms. The summed E-state index contributed by atoms with van der Waals surface area (Å²) in [5.41, 5.74) is 1.66. The Balaban J connectivity index is 2.48. The van der Waals surface area contributed by atoms with Crippen molar-refractivity contribution in [2.75, 3.05) is 0 Å². The summed E-state index contributed by atoms with van der Waals surface area (Å²) in [6.07, 6.45) is 0.783. The average Bonchev–Trinajstić information content (AvgIpc) is 2.61. The maximum Gasteiger partial charge on any atom is 0.152 e. The van der Waals surface area contributed by atoms with Crippen molar-refractivity contribution in [1.82, 2.24) is 0 Å². The molecule has 0 N–H and O–H groups in total. The molecule has 0 fully saturated rings. The second kappa shape index (κ2) is 3.95. The maximum atomic E-state index is 10.6. The minimum absolute atomic E-state index is 0.554. The third-order valence-electron chi connectivity index (χ3n) is 1.90. The molecule has 0 unspecified atom stereocenters. The van der Waals surface area contributed by atoms with Gasteiger partial charge < -0.3 is 0 Å². The first kappa shape index (κ1) is 9.44. The lowest BCUT2D eigenvalue weighted by Gasteiger charge is -1.93. The zero-order valence-corrected chi connectivity index (χ0v) is 8.81. The van der Waals surface area contributed by atoms with Gasteiger partial charge in [-0.1, -0.05) is 41.9 Å². The molecule has 2 aromatic rings. The lowest BCUT2D eigenvalue weighted by Crippen LogP contribution is -1.72. The topological polar surface area (TPSA) is 17.1 Å². The van der Waals surface area contributed by atoms with Crippen LogP contribution in [0.25, 0.3) is 10.4 Å². The summed E-state index contributed by atoms with van der Waals surface area (Å²) >= 11 is 7.31. The number of thiophene rings is 1. The van der Waals surface area contributed by atoms with Crippen LogP contribution < -0.4 is 0 Å². The molecule has 0 amide bonds. The van der Waals surface area contributed by atoms with E-state index in [1.807, 2.05) is 36.4 Å². The molecule has 0 bridgehead atoms. The van der Waals surface area contributed by atoms with E-state index in [9.17, 15) is 4.79 Å². The quantitative estimate of drug-likeness (QED) is 0.705. The van der Waals surface area contributed by atoms with E-state index < -0.39 is 0 Å². The Morgan fingerprint density at radius 1 is 1.21 bits per heavy atom. The highest BCUT2D eigenvalue weighted by Crippen LogP contribution is 2.33. The number of aldehydes is 1. The van der Waals surface area contributed by atoms with Gasteiger partial charge in [-0.2, -0.15) is 0 Å². The van der Waals surface area contributed by atoms with Gasteiger partial charge in [0, 0.05) is 10.4 Å². The first-order valence-corrected chi connectivity index (χ1v) is 5.30. The molecule has 0 saturated carbocycles. The van der Waals surface area contributed by atoms with E-state index in [4.69, 9.17) is 11.6 Å². The van der Waals surface area contributed by atoms with Crippen LogP contribution in [0.1, 0.15) is 10.4 Å². The van der Waals surface area contributed by atoms with Crippen LogP contribution in [0, 0.1) is 0 Å². The van der Waals surface area contributed by atoms with Crippen LogP contribution in [-0.2, 0) is 0 Å². The minimum atomic E-state index is 0.554. The Labute approximate surface area is 91.0 Å². The molecular formula is C11H7ClOS. The molecule has 0 aliphatic heterocycles. The molecule has 0 saturated heterocycles. The standard InChI is InChI=1S/C11H7ClOS/c12-11-9(7-13)6-10(14-11)8-4-2-1-3-5-8/h1-7H. The Bertz CT molecular complexity index is 448. The molecule has 0 radical (unpaired) electrons. The van der Waals surface area contributed by atoms with Gasteiger partial charge in [0.1, 0.15) is 4.34 Å². The Hall–Kier alpha value is -1.12. The predicted molar refractivity (Wildman–Crippen MR) is 60.2 cm³/mol. The Kier molecular flexibility index (Phi) is 2.66. The molecule has 0 aliphatic rings. The fourth-order valence-corrected chi connectivity index (χ4v) is 2.41. The highest BCUT2D eigenvalue weighted by atomic mass is 35.5. The predicted octanol–water partition coefficient (Wildman–Crippen LogP) is 3.88. The molecule has 1 heterocycles. The van der Waals surface area contributed by atoms with Crippen molar-refractivity contribution in [1.29, 1.82) is 0 Å². The van der Waals surface area contributed by atoms with E-state index in [1.54, 1.807) is 0 Å². The lowest BCUT2D eigenvalue weighted by atomic mass is 10.2. The smallest absolute Gasteiger partial charge is 0.152 e. The highest BCUT2D eigenvalue weighted by molar-refractivity contribution is 7.19. The molecule has 0 atom stereocenters. The van der Waals surface area contributed by atoms with E-state index >= 15 is 0 Å². The maximum absolute atomic E-state index is 10.6. The molecule has 70 valence electrons. The zero-order valence-electron chi connectivity index (χ0n) is 7.24. The summed E-state index contributed by atoms with van der Waals surface area (Å²) in [6, 6.07) is 11.7. The fraction of sp³-hybridized carbons (Fsp3) is 0. The van der Waals surface area contributed by atoms with Gasteiger partial charge >= 0.3 is 0 Å². The Morgan fingerprint density at radius 3 is 2.50 bits per heavy atom. The molecule has 14 heavy (non-hydrogen) atoms. The lowest BCUT2D eigenvalue weighted by molar-refractivity contribution is 0.112. The van der Waals surface area contributed by atoms with Gasteiger partial charge in [0.15, 0.2) is 6.29 Å². The van der Waals surface area contributed by atoms with E-state index in [0.717, 1.165) is 16.7 Å². The summed E-state index contributed by atoms with van der Waals surface area (Å²) in [4.78, 5) is 11.6. The van der Waals surface area contributed by atoms with Gasteiger partial charge in [-0.25, -0.2) is 0 Å². The second-order valence-electron chi connectivity index (χ2n) is 2.82. The van der Waals surface area contributed by atoms with Crippen LogP contribution >= 0.6 is 22.9 Å². The van der Waals surface area contributed by atoms with Gasteiger partial charge in [-0.15, -0.1) is 11.3 Å². The second-order valence-corrected chi connectivity index (χ2v) is 4.48. The van der Waals surface area contributed by atoms with Crippen molar-refractivity contribution in [3.05, 3.63) is 46.3 Å². The van der Waals surface area contributed by atoms with Crippen molar-refractivity contribution in [3.8, 4) is 10.4 Å². The van der Waals surface area contributed by atoms with E-state index in [-0.39, 0.29) is 0 Å². The van der Waals surface area contributed by atoms with Crippen molar-refractivity contribution < 1.29 is 4.79 Å². The first-order chi connectivity index (χ1) is 6.81. The summed E-state index contributed by atoms with van der Waals surface area (Å²) in [5, 5.41) is 0. The fourth-order valence-electron chi connectivity index (χ4n) is 1.21. The van der Waals surface area contributed by atoms with Crippen LogP contribution in [-0.4, -0.2) is 6.29 Å². The normalized spacial score (nSPS) is 10.1. The van der Waals surface area contributed by atoms with Gasteiger partial charge in [-0.05, 0) is 11.6 Å². The van der Waals surface area contributed by atoms with Crippen LogP contribution in [0.4, 0.5) is 0 Å². The summed E-state index contributed by atoms with van der Waals surface area (Å²) in [6.45, 7) is 0. The first-order valence-electron chi connectivity index (χ1n) is 4.11. The Morgan fingerprint density at radius 2 is 1.93 bits per heavy atom. The van der Waals surface area contributed by atoms with Gasteiger partial charge in [0.05, 0.1) is 0 Å². The molecular weight excluding hydrogens is 216 g/mol. The van der Waals surface area contributed by atoms with Crippen LogP contribution in [0.15, 0.2) is 36.4 Å². The third kappa shape index (κ3) is 1.72. The zero-order chi connectivity index (χ0) is 9.97. The van der Waals surface area contributed by atoms with Crippen LogP contribution in [0.2, 0.25) is 4.34 Å². The molecule has 1 nitrogen and oxygen atoms in total. The number of hydrogen-bond donors (Lipinski definition) is 0. The molecule has 2 rings (SSSR count). The van der Waals surface area contributed by atoms with Crippen LogP contribution in [0.3, 0.4) is 0 Å². The highest BCUT2D eigenvalue weighted by Gasteiger charge is 2.06. The molecule has 1 aromatic carbocycles. The summed E-state index contributed by atoms with van der Waals surface area (Å²) < 4.78 is 0.554. The van der Waals surface area contributed by atoms with Crippen molar-refractivity contribution in [2.24, 2.45) is 0 Å².